The lowest BCUT2D eigenvalue weighted by Gasteiger charge is -2.12. The minimum atomic E-state index is -0.355. The minimum absolute atomic E-state index is 0.100. The van der Waals surface area contributed by atoms with Crippen molar-refractivity contribution in [1.29, 1.82) is 0 Å². The van der Waals surface area contributed by atoms with Crippen LogP contribution >= 0.6 is 0 Å². The molecule has 0 radical (unpaired) electrons. The summed E-state index contributed by atoms with van der Waals surface area (Å²) in [5.74, 6) is -0.219. The van der Waals surface area contributed by atoms with E-state index in [0.29, 0.717) is 12.8 Å². The molecule has 1 atom stereocenters. The molecule has 0 saturated carbocycles. The van der Waals surface area contributed by atoms with Gasteiger partial charge in [-0.25, -0.2) is 0 Å². The van der Waals surface area contributed by atoms with Crippen molar-refractivity contribution in [2.24, 2.45) is 0 Å². The molecule has 0 bridgehead atoms. The van der Waals surface area contributed by atoms with Crippen LogP contribution in [0.1, 0.15) is 71.6 Å². The van der Waals surface area contributed by atoms with Gasteiger partial charge < -0.3 is 9.84 Å². The van der Waals surface area contributed by atoms with E-state index in [0.717, 1.165) is 44.9 Å². The molecule has 1 unspecified atom stereocenters. The summed E-state index contributed by atoms with van der Waals surface area (Å²) in [5.41, 5.74) is 0. The van der Waals surface area contributed by atoms with Crippen LogP contribution in [-0.4, -0.2) is 23.8 Å². The van der Waals surface area contributed by atoms with E-state index in [4.69, 9.17) is 9.84 Å². The summed E-state index contributed by atoms with van der Waals surface area (Å²) in [6, 6.07) is 0. The molecule has 1 N–H and O–H groups in total. The van der Waals surface area contributed by atoms with Crippen LogP contribution < -0.4 is 0 Å². The van der Waals surface area contributed by atoms with Gasteiger partial charge in [0, 0.05) is 6.42 Å². The summed E-state index contributed by atoms with van der Waals surface area (Å²) >= 11 is 0. The fraction of sp³-hybridized carbons (Fsp3) is 0.542. The van der Waals surface area contributed by atoms with Crippen LogP contribution in [0.5, 0.6) is 0 Å². The number of unbranched alkanes of at least 4 members (excludes halogenated alkanes) is 1. The average Bonchev–Trinajstić information content (AvgIpc) is 2.68. The zero-order chi connectivity index (χ0) is 20.0. The van der Waals surface area contributed by atoms with E-state index in [1.54, 1.807) is 0 Å². The number of carbonyl (C=O) groups is 1. The van der Waals surface area contributed by atoms with Crippen molar-refractivity contribution in [3.05, 3.63) is 60.8 Å². The van der Waals surface area contributed by atoms with Crippen LogP contribution in [0.25, 0.3) is 0 Å². The van der Waals surface area contributed by atoms with E-state index in [1.807, 2.05) is 6.92 Å². The van der Waals surface area contributed by atoms with Gasteiger partial charge in [0.15, 0.2) is 0 Å². The maximum Gasteiger partial charge on any atom is 0.306 e. The molecule has 0 aromatic rings. The Balaban J connectivity index is 3.58. The quantitative estimate of drug-likeness (QED) is 0.198. The van der Waals surface area contributed by atoms with Crippen molar-refractivity contribution in [2.45, 2.75) is 77.7 Å². The summed E-state index contributed by atoms with van der Waals surface area (Å²) in [6.45, 7) is 3.94. The van der Waals surface area contributed by atoms with Crippen molar-refractivity contribution < 1.29 is 14.6 Å². The Hall–Kier alpha value is -1.87. The summed E-state index contributed by atoms with van der Waals surface area (Å²) in [4.78, 5) is 11.5. The number of carbonyl (C=O) groups excluding carboxylic acids is 1. The molecule has 3 nitrogen and oxygen atoms in total. The Labute approximate surface area is 166 Å². The normalized spacial score (nSPS) is 13.7. The van der Waals surface area contributed by atoms with E-state index in [9.17, 15) is 4.79 Å². The highest BCUT2D eigenvalue weighted by Crippen LogP contribution is 2.04. The lowest BCUT2D eigenvalue weighted by molar-refractivity contribution is -0.151. The fourth-order valence-corrected chi connectivity index (χ4v) is 2.23. The van der Waals surface area contributed by atoms with Gasteiger partial charge in [-0.15, -0.1) is 0 Å². The molecule has 0 fully saturated rings. The fourth-order valence-electron chi connectivity index (χ4n) is 2.23. The Bertz CT molecular complexity index is 480. The first-order valence-corrected chi connectivity index (χ1v) is 10.3. The van der Waals surface area contributed by atoms with Crippen LogP contribution in [0, 0.1) is 0 Å². The first-order chi connectivity index (χ1) is 13.2. The lowest BCUT2D eigenvalue weighted by Crippen LogP contribution is -2.20. The number of rotatable bonds is 16. The maximum atomic E-state index is 11.5. The van der Waals surface area contributed by atoms with Crippen molar-refractivity contribution in [1.82, 2.24) is 0 Å². The number of esters is 1. The Morgan fingerprint density at radius 1 is 0.815 bits per heavy atom. The second kappa shape index (κ2) is 20.4. The van der Waals surface area contributed by atoms with E-state index in [-0.39, 0.29) is 18.7 Å². The van der Waals surface area contributed by atoms with Gasteiger partial charge in [-0.2, -0.15) is 0 Å². The summed E-state index contributed by atoms with van der Waals surface area (Å²) in [7, 11) is 0. The molecular weight excluding hydrogens is 336 g/mol. The molecule has 0 aromatic heterocycles. The monoisotopic (exact) mass is 374 g/mol. The molecule has 0 rings (SSSR count). The van der Waals surface area contributed by atoms with Crippen molar-refractivity contribution in [2.75, 3.05) is 6.61 Å². The minimum Gasteiger partial charge on any atom is -0.460 e. The Morgan fingerprint density at radius 3 is 1.74 bits per heavy atom. The zero-order valence-electron chi connectivity index (χ0n) is 17.2. The van der Waals surface area contributed by atoms with Gasteiger partial charge in [0.25, 0.3) is 0 Å². The second-order valence-electron chi connectivity index (χ2n) is 6.30. The van der Waals surface area contributed by atoms with E-state index >= 15 is 0 Å². The van der Waals surface area contributed by atoms with Crippen molar-refractivity contribution in [3.8, 4) is 0 Å². The van der Waals surface area contributed by atoms with Gasteiger partial charge >= 0.3 is 5.97 Å². The molecule has 0 heterocycles. The van der Waals surface area contributed by atoms with Gasteiger partial charge in [-0.3, -0.25) is 4.79 Å². The number of aliphatic hydroxyl groups excluding tert-OH is 1. The molecule has 0 aromatic carbocycles. The molecule has 0 aliphatic rings. The van der Waals surface area contributed by atoms with Crippen LogP contribution in [0.4, 0.5) is 0 Å². The molecule has 0 aliphatic heterocycles. The smallest absolute Gasteiger partial charge is 0.306 e. The number of hydrogen-bond acceptors (Lipinski definition) is 3. The molecular formula is C24H38O3. The molecule has 27 heavy (non-hydrogen) atoms. The molecule has 0 amide bonds. The summed E-state index contributed by atoms with van der Waals surface area (Å²) in [5, 5.41) is 8.99. The number of hydrogen-bond donors (Lipinski definition) is 1. The first kappa shape index (κ1) is 25.1. The van der Waals surface area contributed by atoms with Crippen LogP contribution in [0.15, 0.2) is 60.8 Å². The predicted molar refractivity (Wildman–Crippen MR) is 116 cm³/mol. The van der Waals surface area contributed by atoms with Crippen molar-refractivity contribution >= 4 is 5.97 Å². The maximum absolute atomic E-state index is 11.5. The number of ether oxygens (including phenoxy) is 1. The summed E-state index contributed by atoms with van der Waals surface area (Å²) in [6.07, 6.45) is 29.1. The zero-order valence-corrected chi connectivity index (χ0v) is 17.2. The van der Waals surface area contributed by atoms with Crippen LogP contribution in [-0.2, 0) is 9.53 Å². The topological polar surface area (TPSA) is 46.5 Å². The number of allylic oxidation sites excluding steroid dienone is 10. The van der Waals surface area contributed by atoms with Gasteiger partial charge in [-0.1, -0.05) is 74.6 Å². The van der Waals surface area contributed by atoms with Gasteiger partial charge in [0.2, 0.25) is 0 Å². The first-order valence-electron chi connectivity index (χ1n) is 10.3. The third-order valence-electron chi connectivity index (χ3n) is 3.87. The molecule has 0 saturated heterocycles. The van der Waals surface area contributed by atoms with Crippen LogP contribution in [0.2, 0.25) is 0 Å². The number of aliphatic hydroxyl groups is 1. The molecule has 152 valence electrons. The Kier molecular flexibility index (Phi) is 19.0. The second-order valence-corrected chi connectivity index (χ2v) is 6.30. The van der Waals surface area contributed by atoms with E-state index in [1.165, 1.54) is 0 Å². The highest BCUT2D eigenvalue weighted by atomic mass is 16.5. The largest absolute Gasteiger partial charge is 0.460 e. The van der Waals surface area contributed by atoms with Crippen molar-refractivity contribution in [3.63, 3.8) is 0 Å². The Morgan fingerprint density at radius 2 is 1.30 bits per heavy atom. The average molecular weight is 375 g/mol. The predicted octanol–water partition coefficient (Wildman–Crippen LogP) is 6.22. The molecule has 0 aliphatic carbocycles. The standard InChI is InChI=1S/C24H38O3/c1-3-5-6-7-8-9-10-11-12-13-14-15-16-17-18-19-20-21-24(26)27-23(4-2)22-25/h5-6,8-9,11-12,14-15,17-18,23,25H,3-4,7,10,13,16,19-22H2,1-2H3/b6-5-,9-8-,12-11-,15-14-,18-17-. The van der Waals surface area contributed by atoms with Gasteiger partial charge in [0.05, 0.1) is 6.61 Å². The van der Waals surface area contributed by atoms with Gasteiger partial charge in [-0.05, 0) is 51.4 Å². The van der Waals surface area contributed by atoms with Gasteiger partial charge in [0.1, 0.15) is 6.10 Å². The van der Waals surface area contributed by atoms with E-state index in [2.05, 4.69) is 67.7 Å². The molecule has 3 heteroatoms. The lowest BCUT2D eigenvalue weighted by atomic mass is 10.2. The summed E-state index contributed by atoms with van der Waals surface area (Å²) < 4.78 is 5.14. The van der Waals surface area contributed by atoms with E-state index < -0.39 is 0 Å². The highest BCUT2D eigenvalue weighted by Gasteiger charge is 2.10. The highest BCUT2D eigenvalue weighted by molar-refractivity contribution is 5.69. The molecule has 0 spiro atoms. The third-order valence-corrected chi connectivity index (χ3v) is 3.87. The SMILES string of the molecule is CC/C=C\C/C=C\C/C=C\C/C=C\C/C=C\CCCC(=O)OC(CC)CO. The van der Waals surface area contributed by atoms with Crippen LogP contribution in [0.3, 0.4) is 0 Å². The third kappa shape index (κ3) is 18.7.